The van der Waals surface area contributed by atoms with Gasteiger partial charge in [-0.25, -0.2) is 0 Å². The van der Waals surface area contributed by atoms with Crippen molar-refractivity contribution in [1.82, 2.24) is 10.6 Å². The first-order valence-electron chi connectivity index (χ1n) is 8.64. The highest BCUT2D eigenvalue weighted by atomic mass is 79.9. The first kappa shape index (κ1) is 19.1. The third kappa shape index (κ3) is 5.17. The molecule has 2 aromatic rings. The van der Waals surface area contributed by atoms with E-state index < -0.39 is 0 Å². The van der Waals surface area contributed by atoms with Gasteiger partial charge in [0.25, 0.3) is 11.8 Å². The van der Waals surface area contributed by atoms with E-state index in [1.54, 1.807) is 0 Å². The third-order valence-electron chi connectivity index (χ3n) is 4.61. The Morgan fingerprint density at radius 3 is 1.27 bits per heavy atom. The van der Waals surface area contributed by atoms with Crippen molar-refractivity contribution in [3.8, 4) is 0 Å². The maximum absolute atomic E-state index is 12.3. The van der Waals surface area contributed by atoms with Crippen LogP contribution in [0.4, 0.5) is 0 Å². The summed E-state index contributed by atoms with van der Waals surface area (Å²) >= 11 is 6.74. The van der Waals surface area contributed by atoms with Gasteiger partial charge < -0.3 is 10.6 Å². The van der Waals surface area contributed by atoms with Crippen LogP contribution in [0.1, 0.15) is 46.4 Å². The highest BCUT2D eigenvalue weighted by molar-refractivity contribution is 9.10. The summed E-state index contributed by atoms with van der Waals surface area (Å²) in [5.41, 5.74) is 1.33. The van der Waals surface area contributed by atoms with Crippen molar-refractivity contribution in [2.24, 2.45) is 0 Å². The van der Waals surface area contributed by atoms with Gasteiger partial charge >= 0.3 is 0 Å². The number of carbonyl (C=O) groups is 2. The van der Waals surface area contributed by atoms with Crippen molar-refractivity contribution in [3.05, 3.63) is 68.6 Å². The van der Waals surface area contributed by atoms with Crippen molar-refractivity contribution in [3.63, 3.8) is 0 Å². The molecule has 3 rings (SSSR count). The lowest BCUT2D eigenvalue weighted by molar-refractivity contribution is 0.0892. The van der Waals surface area contributed by atoms with Gasteiger partial charge in [-0.1, -0.05) is 31.9 Å². The summed E-state index contributed by atoms with van der Waals surface area (Å²) in [5.74, 6) is -0.0836. The normalized spacial score (nSPS) is 19.6. The van der Waals surface area contributed by atoms with E-state index in [9.17, 15) is 9.59 Å². The molecule has 0 bridgehead atoms. The monoisotopic (exact) mass is 478 g/mol. The number of rotatable bonds is 4. The van der Waals surface area contributed by atoms with E-state index in [4.69, 9.17) is 0 Å². The molecule has 4 nitrogen and oxygen atoms in total. The largest absolute Gasteiger partial charge is 0.349 e. The topological polar surface area (TPSA) is 58.2 Å². The molecule has 2 amide bonds. The molecule has 1 saturated carbocycles. The lowest BCUT2D eigenvalue weighted by atomic mass is 9.90. The molecule has 0 radical (unpaired) electrons. The van der Waals surface area contributed by atoms with Crippen LogP contribution in [0.15, 0.2) is 57.5 Å². The molecule has 0 aliphatic heterocycles. The Balaban J connectivity index is 1.46. The average Bonchev–Trinajstić information content (AvgIpc) is 2.64. The van der Waals surface area contributed by atoms with Crippen molar-refractivity contribution in [2.75, 3.05) is 0 Å². The second-order valence-corrected chi connectivity index (χ2v) is 8.34. The minimum Gasteiger partial charge on any atom is -0.349 e. The number of hydrogen-bond donors (Lipinski definition) is 2. The van der Waals surface area contributed by atoms with Gasteiger partial charge in [-0.3, -0.25) is 9.59 Å². The Kier molecular flexibility index (Phi) is 6.48. The number of hydrogen-bond acceptors (Lipinski definition) is 2. The van der Waals surface area contributed by atoms with E-state index in [0.29, 0.717) is 11.1 Å². The Hall–Kier alpha value is -1.66. The van der Waals surface area contributed by atoms with Crippen molar-refractivity contribution < 1.29 is 9.59 Å². The number of nitrogens with one attached hydrogen (secondary N) is 2. The SMILES string of the molecule is O=C(NC1CCC(NC(=O)c2ccc(Br)cc2)CC1)c1ccc(Br)cc1. The molecule has 6 heteroatoms. The maximum Gasteiger partial charge on any atom is 0.251 e. The molecule has 1 aliphatic carbocycles. The van der Waals surface area contributed by atoms with Gasteiger partial charge in [-0.05, 0) is 74.2 Å². The molecule has 0 aromatic heterocycles. The minimum absolute atomic E-state index is 0.0418. The molecule has 136 valence electrons. The fourth-order valence-electron chi connectivity index (χ4n) is 3.12. The summed E-state index contributed by atoms with van der Waals surface area (Å²) in [6.45, 7) is 0. The quantitative estimate of drug-likeness (QED) is 0.668. The summed E-state index contributed by atoms with van der Waals surface area (Å²) in [4.78, 5) is 24.6. The predicted molar refractivity (Wildman–Crippen MR) is 109 cm³/mol. The van der Waals surface area contributed by atoms with Gasteiger partial charge in [-0.15, -0.1) is 0 Å². The van der Waals surface area contributed by atoms with E-state index in [2.05, 4.69) is 42.5 Å². The average molecular weight is 480 g/mol. The lowest BCUT2D eigenvalue weighted by Crippen LogP contribution is -2.43. The Morgan fingerprint density at radius 2 is 0.962 bits per heavy atom. The minimum atomic E-state index is -0.0418. The van der Waals surface area contributed by atoms with Gasteiger partial charge in [0.1, 0.15) is 0 Å². The molecule has 0 saturated heterocycles. The van der Waals surface area contributed by atoms with Crippen LogP contribution < -0.4 is 10.6 Å². The molecule has 26 heavy (non-hydrogen) atoms. The Morgan fingerprint density at radius 1 is 0.654 bits per heavy atom. The van der Waals surface area contributed by atoms with Crippen LogP contribution in [0.5, 0.6) is 0 Å². The number of amides is 2. The molecule has 0 spiro atoms. The summed E-state index contributed by atoms with van der Waals surface area (Å²) < 4.78 is 1.91. The van der Waals surface area contributed by atoms with E-state index in [1.165, 1.54) is 0 Å². The van der Waals surface area contributed by atoms with E-state index in [-0.39, 0.29) is 23.9 Å². The molecule has 0 unspecified atom stereocenters. The Labute approximate surface area is 170 Å². The zero-order valence-corrected chi connectivity index (χ0v) is 17.3. The molecule has 0 heterocycles. The smallest absolute Gasteiger partial charge is 0.251 e. The fraction of sp³-hybridized carbons (Fsp3) is 0.300. The molecular formula is C20H20Br2N2O2. The van der Waals surface area contributed by atoms with Crippen molar-refractivity contribution >= 4 is 43.7 Å². The van der Waals surface area contributed by atoms with Crippen LogP contribution in [-0.2, 0) is 0 Å². The molecule has 2 aromatic carbocycles. The molecule has 1 aliphatic rings. The standard InChI is InChI=1S/C20H20Br2N2O2/c21-15-5-1-13(2-6-15)19(25)23-17-9-11-18(12-10-17)24-20(26)14-3-7-16(22)8-4-14/h1-8,17-18H,9-12H2,(H,23,25)(H,24,26). The van der Waals surface area contributed by atoms with Crippen molar-refractivity contribution in [1.29, 1.82) is 0 Å². The number of halogens is 2. The summed E-state index contributed by atoms with van der Waals surface area (Å²) in [5, 5.41) is 6.19. The van der Waals surface area contributed by atoms with E-state index in [1.807, 2.05) is 48.5 Å². The highest BCUT2D eigenvalue weighted by Gasteiger charge is 2.24. The molecule has 1 fully saturated rings. The predicted octanol–water partition coefficient (Wildman–Crippen LogP) is 4.68. The summed E-state index contributed by atoms with van der Waals surface area (Å²) in [7, 11) is 0. The van der Waals surface area contributed by atoms with Crippen LogP contribution in [0, 0.1) is 0 Å². The first-order valence-corrected chi connectivity index (χ1v) is 10.2. The van der Waals surface area contributed by atoms with Crippen LogP contribution in [0.3, 0.4) is 0 Å². The zero-order valence-electron chi connectivity index (χ0n) is 14.2. The van der Waals surface area contributed by atoms with E-state index >= 15 is 0 Å². The van der Waals surface area contributed by atoms with Crippen molar-refractivity contribution in [2.45, 2.75) is 37.8 Å². The fourth-order valence-corrected chi connectivity index (χ4v) is 3.65. The third-order valence-corrected chi connectivity index (χ3v) is 5.67. The molecule has 0 atom stereocenters. The van der Waals surface area contributed by atoms with Gasteiger partial charge in [0.2, 0.25) is 0 Å². The number of carbonyl (C=O) groups excluding carboxylic acids is 2. The number of benzene rings is 2. The van der Waals surface area contributed by atoms with E-state index in [0.717, 1.165) is 34.6 Å². The maximum atomic E-state index is 12.3. The second kappa shape index (κ2) is 8.82. The lowest BCUT2D eigenvalue weighted by Gasteiger charge is -2.29. The van der Waals surface area contributed by atoms with Crippen LogP contribution in [0.25, 0.3) is 0 Å². The van der Waals surface area contributed by atoms with Gasteiger partial charge in [0, 0.05) is 32.2 Å². The van der Waals surface area contributed by atoms with Gasteiger partial charge in [0.05, 0.1) is 0 Å². The second-order valence-electron chi connectivity index (χ2n) is 6.51. The van der Waals surface area contributed by atoms with Crippen LogP contribution in [0.2, 0.25) is 0 Å². The Bertz CT molecular complexity index is 700. The van der Waals surface area contributed by atoms with Crippen LogP contribution in [-0.4, -0.2) is 23.9 Å². The summed E-state index contributed by atoms with van der Waals surface area (Å²) in [6.07, 6.45) is 3.47. The highest BCUT2D eigenvalue weighted by Crippen LogP contribution is 2.20. The zero-order chi connectivity index (χ0) is 18.5. The molecular weight excluding hydrogens is 460 g/mol. The van der Waals surface area contributed by atoms with Gasteiger partial charge in [0.15, 0.2) is 0 Å². The molecule has 2 N–H and O–H groups in total. The first-order chi connectivity index (χ1) is 12.5. The van der Waals surface area contributed by atoms with Gasteiger partial charge in [-0.2, -0.15) is 0 Å². The summed E-state index contributed by atoms with van der Waals surface area (Å²) in [6, 6.07) is 15.0. The van der Waals surface area contributed by atoms with Crippen LogP contribution >= 0.6 is 31.9 Å².